The van der Waals surface area contributed by atoms with Crippen LogP contribution in [0.25, 0.3) is 0 Å². The van der Waals surface area contributed by atoms with Crippen LogP contribution in [0, 0.1) is 12.8 Å². The highest BCUT2D eigenvalue weighted by Crippen LogP contribution is 2.31. The Morgan fingerprint density at radius 2 is 2.07 bits per heavy atom. The predicted octanol–water partition coefficient (Wildman–Crippen LogP) is 4.03. The molecule has 0 radical (unpaired) electrons. The summed E-state index contributed by atoms with van der Waals surface area (Å²) in [4.78, 5) is 27.2. The molecule has 5 nitrogen and oxygen atoms in total. The molecule has 1 aromatic carbocycles. The number of aromatic amines is 1. The molecule has 3 rings (SSSR count). The minimum atomic E-state index is -4.50. The van der Waals surface area contributed by atoms with E-state index in [4.69, 9.17) is 0 Å². The highest BCUT2D eigenvalue weighted by Gasteiger charge is 2.34. The summed E-state index contributed by atoms with van der Waals surface area (Å²) in [5.74, 6) is -1.14. The number of nitrogens with zero attached hydrogens (tertiary/aromatic N) is 2. The fourth-order valence-corrected chi connectivity index (χ4v) is 3.60. The van der Waals surface area contributed by atoms with Crippen molar-refractivity contribution in [1.29, 1.82) is 0 Å². The minimum absolute atomic E-state index is 0.0262. The summed E-state index contributed by atoms with van der Waals surface area (Å²) in [6.07, 6.45) is -2.62. The van der Waals surface area contributed by atoms with Crippen molar-refractivity contribution < 1.29 is 22.8 Å². The van der Waals surface area contributed by atoms with Crippen molar-refractivity contribution in [3.05, 3.63) is 52.3 Å². The Bertz CT molecular complexity index is 889. The molecule has 0 aliphatic carbocycles. The van der Waals surface area contributed by atoms with Crippen LogP contribution >= 0.6 is 0 Å². The predicted molar refractivity (Wildman–Crippen MR) is 97.1 cm³/mol. The van der Waals surface area contributed by atoms with Gasteiger partial charge in [-0.2, -0.15) is 18.3 Å². The Morgan fingerprint density at radius 3 is 2.71 bits per heavy atom. The lowest BCUT2D eigenvalue weighted by atomic mass is 9.89. The Hall–Kier alpha value is -2.64. The average Bonchev–Trinajstić information content (AvgIpc) is 3.06. The monoisotopic (exact) mass is 393 g/mol. The van der Waals surface area contributed by atoms with Gasteiger partial charge < -0.3 is 4.90 Å². The fraction of sp³-hybridized carbons (Fsp3) is 0.450. The normalized spacial score (nSPS) is 17.6. The van der Waals surface area contributed by atoms with E-state index in [0.29, 0.717) is 25.1 Å². The number of halogens is 3. The first-order valence-corrected chi connectivity index (χ1v) is 9.27. The fourth-order valence-electron chi connectivity index (χ4n) is 3.60. The molecule has 1 saturated heterocycles. The molecule has 28 heavy (non-hydrogen) atoms. The second-order valence-corrected chi connectivity index (χ2v) is 7.06. The summed E-state index contributed by atoms with van der Waals surface area (Å²) in [6, 6.07) is 4.46. The van der Waals surface area contributed by atoms with Crippen LogP contribution in [0.4, 0.5) is 13.2 Å². The van der Waals surface area contributed by atoms with Crippen molar-refractivity contribution >= 4 is 11.7 Å². The second-order valence-electron chi connectivity index (χ2n) is 7.06. The summed E-state index contributed by atoms with van der Waals surface area (Å²) < 4.78 is 38.8. The zero-order chi connectivity index (χ0) is 20.5. The van der Waals surface area contributed by atoms with Crippen LogP contribution in [0.5, 0.6) is 0 Å². The topological polar surface area (TPSA) is 66.1 Å². The number of alkyl halides is 3. The summed E-state index contributed by atoms with van der Waals surface area (Å²) in [5, 5.41) is 6.96. The minimum Gasteiger partial charge on any atom is -0.337 e. The molecule has 1 N–H and O–H groups in total. The summed E-state index contributed by atoms with van der Waals surface area (Å²) in [6.45, 7) is 4.46. The number of piperidine rings is 1. The van der Waals surface area contributed by atoms with Crippen molar-refractivity contribution in [3.8, 4) is 0 Å². The van der Waals surface area contributed by atoms with E-state index >= 15 is 0 Å². The maximum atomic E-state index is 12.9. The Labute approximate surface area is 160 Å². The first-order valence-electron chi connectivity index (χ1n) is 9.27. The second kappa shape index (κ2) is 7.77. The largest absolute Gasteiger partial charge is 0.416 e. The molecule has 2 heterocycles. The number of Topliss-reactive ketones (excluding diaryl/α,β-unsaturated/α-hetero) is 1. The van der Waals surface area contributed by atoms with Gasteiger partial charge in [-0.15, -0.1) is 0 Å². The van der Waals surface area contributed by atoms with Gasteiger partial charge in [-0.1, -0.05) is 19.1 Å². The third kappa shape index (κ3) is 3.95. The van der Waals surface area contributed by atoms with Gasteiger partial charge in [0.05, 0.1) is 5.56 Å². The molecule has 1 amide bonds. The van der Waals surface area contributed by atoms with E-state index in [2.05, 4.69) is 10.2 Å². The van der Waals surface area contributed by atoms with Gasteiger partial charge in [0, 0.05) is 35.8 Å². The smallest absolute Gasteiger partial charge is 0.337 e. The van der Waals surface area contributed by atoms with Gasteiger partial charge in [0.25, 0.3) is 5.91 Å². The molecule has 1 fully saturated rings. The molecule has 1 aliphatic heterocycles. The molecule has 1 atom stereocenters. The van der Waals surface area contributed by atoms with Gasteiger partial charge in [0.2, 0.25) is 0 Å². The van der Waals surface area contributed by atoms with Crippen molar-refractivity contribution in [3.63, 3.8) is 0 Å². The van der Waals surface area contributed by atoms with Crippen LogP contribution in [-0.2, 0) is 12.6 Å². The highest BCUT2D eigenvalue weighted by molar-refractivity contribution is 5.99. The van der Waals surface area contributed by atoms with E-state index in [0.717, 1.165) is 29.8 Å². The quantitative estimate of drug-likeness (QED) is 0.798. The number of benzene rings is 1. The lowest BCUT2D eigenvalue weighted by Crippen LogP contribution is -2.42. The number of hydrogen-bond donors (Lipinski definition) is 1. The van der Waals surface area contributed by atoms with Crippen molar-refractivity contribution in [2.24, 2.45) is 5.92 Å². The number of hydrogen-bond acceptors (Lipinski definition) is 3. The number of likely N-dealkylation sites (tertiary alicyclic amines) is 1. The molecule has 0 spiro atoms. The maximum absolute atomic E-state index is 12.9. The highest BCUT2D eigenvalue weighted by atomic mass is 19.4. The number of carbonyl (C=O) groups is 2. The number of rotatable bonds is 4. The van der Waals surface area contributed by atoms with Gasteiger partial charge >= 0.3 is 6.18 Å². The van der Waals surface area contributed by atoms with Crippen molar-refractivity contribution in [2.45, 2.75) is 39.3 Å². The summed E-state index contributed by atoms with van der Waals surface area (Å²) in [5.41, 5.74) is 1.19. The van der Waals surface area contributed by atoms with Gasteiger partial charge in [0.1, 0.15) is 0 Å². The van der Waals surface area contributed by atoms with E-state index in [-0.39, 0.29) is 23.8 Å². The van der Waals surface area contributed by atoms with Crippen LogP contribution in [0.1, 0.15) is 57.4 Å². The maximum Gasteiger partial charge on any atom is 0.416 e. The van der Waals surface area contributed by atoms with Crippen molar-refractivity contribution in [2.75, 3.05) is 13.1 Å². The molecule has 1 aliphatic rings. The molecule has 2 aromatic rings. The lowest BCUT2D eigenvalue weighted by molar-refractivity contribution is -0.137. The number of carbonyl (C=O) groups excluding carboxylic acids is 2. The van der Waals surface area contributed by atoms with Crippen LogP contribution < -0.4 is 0 Å². The molecule has 8 heteroatoms. The van der Waals surface area contributed by atoms with Gasteiger partial charge in [0.15, 0.2) is 11.5 Å². The van der Waals surface area contributed by atoms with Crippen LogP contribution in [0.3, 0.4) is 0 Å². The van der Waals surface area contributed by atoms with Crippen LogP contribution in [0.15, 0.2) is 24.3 Å². The molecule has 0 bridgehead atoms. The van der Waals surface area contributed by atoms with E-state index in [1.807, 2.05) is 13.8 Å². The SMILES string of the molecule is CCc1[nH]nc(C(=O)N2CCC[C@@H](C(=O)c3cccc(C(F)(F)F)c3)C2)c1C. The first-order chi connectivity index (χ1) is 13.2. The van der Waals surface area contributed by atoms with E-state index < -0.39 is 17.7 Å². The standard InChI is InChI=1S/C20H22F3N3O2/c1-3-16-12(2)17(25-24-16)19(28)26-9-5-7-14(11-26)18(27)13-6-4-8-15(10-13)20(21,22)23/h4,6,8,10,14H,3,5,7,9,11H2,1-2H3,(H,24,25)/t14-/m1/s1. The zero-order valence-corrected chi connectivity index (χ0v) is 15.8. The molecular formula is C20H22F3N3O2. The number of amides is 1. The van der Waals surface area contributed by atoms with Gasteiger partial charge in [-0.3, -0.25) is 14.7 Å². The third-order valence-corrected chi connectivity index (χ3v) is 5.22. The number of aryl methyl sites for hydroxylation is 1. The first kappa shape index (κ1) is 20.1. The van der Waals surface area contributed by atoms with Crippen LogP contribution in [-0.4, -0.2) is 39.9 Å². The van der Waals surface area contributed by atoms with Crippen molar-refractivity contribution in [1.82, 2.24) is 15.1 Å². The van der Waals surface area contributed by atoms with E-state index in [1.165, 1.54) is 12.1 Å². The van der Waals surface area contributed by atoms with Gasteiger partial charge in [-0.25, -0.2) is 0 Å². The average molecular weight is 393 g/mol. The number of H-pyrrole nitrogens is 1. The van der Waals surface area contributed by atoms with Gasteiger partial charge in [-0.05, 0) is 38.3 Å². The molecule has 150 valence electrons. The third-order valence-electron chi connectivity index (χ3n) is 5.22. The molecule has 0 saturated carbocycles. The van der Waals surface area contributed by atoms with Crippen LogP contribution in [0.2, 0.25) is 0 Å². The van der Waals surface area contributed by atoms with E-state index in [1.54, 1.807) is 4.90 Å². The Balaban J connectivity index is 1.77. The number of ketones is 1. The molecule has 0 unspecified atom stereocenters. The summed E-state index contributed by atoms with van der Waals surface area (Å²) >= 11 is 0. The summed E-state index contributed by atoms with van der Waals surface area (Å²) in [7, 11) is 0. The Morgan fingerprint density at radius 1 is 1.32 bits per heavy atom. The zero-order valence-electron chi connectivity index (χ0n) is 15.8. The number of nitrogens with one attached hydrogen (secondary N) is 1. The van der Waals surface area contributed by atoms with E-state index in [9.17, 15) is 22.8 Å². The molecular weight excluding hydrogens is 371 g/mol. The number of aromatic nitrogens is 2. The molecule has 1 aromatic heterocycles. The lowest BCUT2D eigenvalue weighted by Gasteiger charge is -2.31. The Kier molecular flexibility index (Phi) is 5.58.